The molecule has 8 heteroatoms. The lowest BCUT2D eigenvalue weighted by Gasteiger charge is -2.31. The molecule has 3 aliphatic rings. The third-order valence-electron chi connectivity index (χ3n) is 7.65. The zero-order valence-electron chi connectivity index (χ0n) is 20.5. The average molecular weight is 475 g/mol. The Hall–Kier alpha value is -2.84. The highest BCUT2D eigenvalue weighted by molar-refractivity contribution is 5.85. The van der Waals surface area contributed by atoms with E-state index in [1.807, 2.05) is 0 Å². The number of hydrogen-bond acceptors (Lipinski definition) is 8. The second-order valence-corrected chi connectivity index (χ2v) is 10.2. The summed E-state index contributed by atoms with van der Waals surface area (Å²) in [7, 11) is 2.16. The van der Waals surface area contributed by atoms with Gasteiger partial charge in [0, 0.05) is 62.9 Å². The van der Waals surface area contributed by atoms with Crippen LogP contribution in [-0.4, -0.2) is 70.8 Å². The van der Waals surface area contributed by atoms with Crippen molar-refractivity contribution in [2.24, 2.45) is 5.92 Å². The molecule has 6 rings (SSSR count). The number of hydrogen-bond donors (Lipinski definition) is 0. The molecule has 2 fully saturated rings. The summed E-state index contributed by atoms with van der Waals surface area (Å²) in [5, 5.41) is 0. The number of morpholine rings is 1. The van der Waals surface area contributed by atoms with E-state index in [1.54, 1.807) is 12.4 Å². The summed E-state index contributed by atoms with van der Waals surface area (Å²) in [6.07, 6.45) is 12.1. The predicted octanol–water partition coefficient (Wildman–Crippen LogP) is 3.42. The van der Waals surface area contributed by atoms with Gasteiger partial charge in [-0.15, -0.1) is 0 Å². The number of likely N-dealkylation sites (N-methyl/N-ethyl adjacent to an activating group) is 1. The van der Waals surface area contributed by atoms with Crippen molar-refractivity contribution in [3.8, 4) is 5.75 Å². The van der Waals surface area contributed by atoms with Crippen molar-refractivity contribution < 1.29 is 9.47 Å². The monoisotopic (exact) mass is 474 g/mol. The van der Waals surface area contributed by atoms with Crippen molar-refractivity contribution in [1.82, 2.24) is 24.8 Å². The second kappa shape index (κ2) is 10.0. The standard InChI is InChI=1S/C27H34N6O2/c1-32-9-6-20-17-30-26(31-24(20)18-32)14-19-2-4-22(5-3-19)35-25-16-21(33-10-12-34-13-11-33)15-23-27(25)29-8-7-28-23/h7-8,15-17,19,22H,2-6,9-14,18H2,1H3. The van der Waals surface area contributed by atoms with Crippen molar-refractivity contribution in [3.05, 3.63) is 47.8 Å². The van der Waals surface area contributed by atoms with Gasteiger partial charge in [0.2, 0.25) is 0 Å². The van der Waals surface area contributed by atoms with E-state index >= 15 is 0 Å². The summed E-state index contributed by atoms with van der Waals surface area (Å²) in [4.78, 5) is 23.5. The molecular weight excluding hydrogens is 440 g/mol. The Labute approximate surface area is 206 Å². The first-order chi connectivity index (χ1) is 17.2. The van der Waals surface area contributed by atoms with Crippen LogP contribution in [0.4, 0.5) is 5.69 Å². The molecule has 4 heterocycles. The number of nitrogens with zero attached hydrogens (tertiary/aromatic N) is 6. The molecule has 1 aliphatic carbocycles. The molecule has 1 aromatic carbocycles. The van der Waals surface area contributed by atoms with E-state index in [2.05, 4.69) is 45.1 Å². The first-order valence-corrected chi connectivity index (χ1v) is 13.0. The van der Waals surface area contributed by atoms with Gasteiger partial charge in [-0.3, -0.25) is 4.98 Å². The maximum Gasteiger partial charge on any atom is 0.149 e. The van der Waals surface area contributed by atoms with Gasteiger partial charge in [0.25, 0.3) is 0 Å². The third-order valence-corrected chi connectivity index (χ3v) is 7.65. The Kier molecular flexibility index (Phi) is 6.48. The minimum absolute atomic E-state index is 0.203. The van der Waals surface area contributed by atoms with Gasteiger partial charge in [0.1, 0.15) is 17.1 Å². The molecule has 1 saturated heterocycles. The van der Waals surface area contributed by atoms with Crippen molar-refractivity contribution in [3.63, 3.8) is 0 Å². The van der Waals surface area contributed by atoms with Gasteiger partial charge in [-0.05, 0) is 56.7 Å². The lowest BCUT2D eigenvalue weighted by atomic mass is 9.85. The number of rotatable bonds is 5. The minimum atomic E-state index is 0.203. The van der Waals surface area contributed by atoms with Crippen LogP contribution in [0.25, 0.3) is 11.0 Å². The molecule has 0 bridgehead atoms. The summed E-state index contributed by atoms with van der Waals surface area (Å²) in [5.74, 6) is 2.47. The van der Waals surface area contributed by atoms with E-state index in [0.29, 0.717) is 5.92 Å². The number of fused-ring (bicyclic) bond motifs is 2. The molecule has 35 heavy (non-hydrogen) atoms. The summed E-state index contributed by atoms with van der Waals surface area (Å²) in [6, 6.07) is 4.26. The zero-order valence-corrected chi connectivity index (χ0v) is 20.5. The highest BCUT2D eigenvalue weighted by Gasteiger charge is 2.25. The Morgan fingerprint density at radius 1 is 1.00 bits per heavy atom. The normalized spacial score (nSPS) is 23.3. The average Bonchev–Trinajstić information content (AvgIpc) is 2.90. The smallest absolute Gasteiger partial charge is 0.149 e. The van der Waals surface area contributed by atoms with Crippen molar-refractivity contribution in [1.29, 1.82) is 0 Å². The molecule has 0 unspecified atom stereocenters. The molecule has 0 spiro atoms. The maximum absolute atomic E-state index is 6.59. The van der Waals surface area contributed by atoms with Crippen LogP contribution in [0.5, 0.6) is 5.75 Å². The molecule has 0 atom stereocenters. The Morgan fingerprint density at radius 2 is 1.83 bits per heavy atom. The highest BCUT2D eigenvalue weighted by Crippen LogP contribution is 2.34. The van der Waals surface area contributed by atoms with E-state index in [-0.39, 0.29) is 6.10 Å². The first-order valence-electron chi connectivity index (χ1n) is 13.0. The Balaban J connectivity index is 1.11. The topological polar surface area (TPSA) is 76.5 Å². The largest absolute Gasteiger partial charge is 0.488 e. The van der Waals surface area contributed by atoms with Gasteiger partial charge in [-0.2, -0.15) is 0 Å². The third kappa shape index (κ3) is 5.09. The lowest BCUT2D eigenvalue weighted by molar-refractivity contribution is 0.122. The zero-order chi connectivity index (χ0) is 23.6. The number of anilines is 1. The summed E-state index contributed by atoms with van der Waals surface area (Å²) in [6.45, 7) is 5.31. The molecule has 2 aliphatic heterocycles. The van der Waals surface area contributed by atoms with Gasteiger partial charge in [-0.25, -0.2) is 15.0 Å². The van der Waals surface area contributed by atoms with Crippen LogP contribution in [0.2, 0.25) is 0 Å². The molecule has 2 aromatic heterocycles. The summed E-state index contributed by atoms with van der Waals surface area (Å²) < 4.78 is 12.1. The number of benzene rings is 1. The van der Waals surface area contributed by atoms with Crippen LogP contribution in [0, 0.1) is 5.92 Å². The second-order valence-electron chi connectivity index (χ2n) is 10.2. The minimum Gasteiger partial charge on any atom is -0.488 e. The van der Waals surface area contributed by atoms with Gasteiger partial charge in [0.15, 0.2) is 0 Å². The van der Waals surface area contributed by atoms with E-state index in [0.717, 1.165) is 106 Å². The molecule has 0 N–H and O–H groups in total. The van der Waals surface area contributed by atoms with E-state index in [1.165, 1.54) is 11.3 Å². The molecule has 0 radical (unpaired) electrons. The van der Waals surface area contributed by atoms with Crippen LogP contribution in [-0.2, 0) is 24.1 Å². The van der Waals surface area contributed by atoms with Crippen LogP contribution in [0.15, 0.2) is 30.7 Å². The van der Waals surface area contributed by atoms with Gasteiger partial charge >= 0.3 is 0 Å². The quantitative estimate of drug-likeness (QED) is 0.557. The van der Waals surface area contributed by atoms with E-state index < -0.39 is 0 Å². The van der Waals surface area contributed by atoms with Crippen molar-refractivity contribution in [2.45, 2.75) is 51.2 Å². The molecule has 0 amide bonds. The fourth-order valence-electron chi connectivity index (χ4n) is 5.59. The van der Waals surface area contributed by atoms with E-state index in [4.69, 9.17) is 19.4 Å². The molecule has 8 nitrogen and oxygen atoms in total. The summed E-state index contributed by atoms with van der Waals surface area (Å²) >= 11 is 0. The molecule has 184 valence electrons. The molecular formula is C27H34N6O2. The van der Waals surface area contributed by atoms with Crippen LogP contribution in [0.1, 0.15) is 42.8 Å². The molecule has 3 aromatic rings. The number of ether oxygens (including phenoxy) is 2. The fraction of sp³-hybridized carbons (Fsp3) is 0.556. The van der Waals surface area contributed by atoms with Crippen molar-refractivity contribution >= 4 is 16.7 Å². The SMILES string of the molecule is CN1CCc2cnc(CC3CCC(Oc4cc(N5CCOCC5)cc5nccnc45)CC3)nc2C1. The Morgan fingerprint density at radius 3 is 2.69 bits per heavy atom. The van der Waals surface area contributed by atoms with Crippen LogP contribution < -0.4 is 9.64 Å². The maximum atomic E-state index is 6.59. The lowest BCUT2D eigenvalue weighted by Crippen LogP contribution is -2.36. The van der Waals surface area contributed by atoms with Gasteiger partial charge in [0.05, 0.1) is 30.5 Å². The first kappa shape index (κ1) is 22.6. The number of aromatic nitrogens is 4. The Bertz CT molecular complexity index is 1170. The van der Waals surface area contributed by atoms with E-state index in [9.17, 15) is 0 Å². The van der Waals surface area contributed by atoms with Gasteiger partial charge < -0.3 is 19.3 Å². The van der Waals surface area contributed by atoms with Crippen molar-refractivity contribution in [2.75, 3.05) is 44.8 Å². The van der Waals surface area contributed by atoms with Crippen LogP contribution in [0.3, 0.4) is 0 Å². The fourth-order valence-corrected chi connectivity index (χ4v) is 5.59. The summed E-state index contributed by atoms with van der Waals surface area (Å²) in [5.41, 5.74) is 5.40. The highest BCUT2D eigenvalue weighted by atomic mass is 16.5. The molecule has 1 saturated carbocycles. The predicted molar refractivity (Wildman–Crippen MR) is 135 cm³/mol. The van der Waals surface area contributed by atoms with Crippen LogP contribution >= 0.6 is 0 Å². The van der Waals surface area contributed by atoms with Gasteiger partial charge in [-0.1, -0.05) is 0 Å².